The Kier molecular flexibility index (Phi) is 7.39. The number of hydrogen-bond acceptors (Lipinski definition) is 5. The van der Waals surface area contributed by atoms with Crippen LogP contribution in [0.4, 0.5) is 0 Å². The number of ketones is 1. The maximum absolute atomic E-state index is 12.5. The summed E-state index contributed by atoms with van der Waals surface area (Å²) >= 11 is 1.44. The predicted molar refractivity (Wildman–Crippen MR) is 97.0 cm³/mol. The van der Waals surface area contributed by atoms with E-state index in [0.717, 1.165) is 16.3 Å². The standard InChI is InChI=1S/C17H22N4OS/c1-6-13-10-16(19-15(13)9-12(2)20-23-5)17(22)14(11-18)7-8-21(3)4/h6-7,9-10,19-20H,2,8H2,1,3-5H3/b13-6-,14-7+,15-9+. The molecule has 1 rings (SSSR count). The number of nitrogens with one attached hydrogen (secondary N) is 2. The quantitative estimate of drug-likeness (QED) is 0.340. The van der Waals surface area contributed by atoms with E-state index in [-0.39, 0.29) is 11.4 Å². The summed E-state index contributed by atoms with van der Waals surface area (Å²) in [4.78, 5) is 17.4. The van der Waals surface area contributed by atoms with Gasteiger partial charge in [-0.2, -0.15) is 5.26 Å². The summed E-state index contributed by atoms with van der Waals surface area (Å²) in [6, 6.07) is 3.73. The second-order valence-electron chi connectivity index (χ2n) is 5.14. The van der Waals surface area contributed by atoms with Crippen molar-refractivity contribution < 1.29 is 4.79 Å². The molecule has 1 heterocycles. The molecule has 0 amide bonds. The zero-order valence-electron chi connectivity index (χ0n) is 13.9. The number of likely N-dealkylation sites (N-methyl/N-ethyl adjacent to an activating group) is 1. The molecule has 0 fully saturated rings. The number of aromatic nitrogens is 1. The SMILES string of the molecule is C=C(/C=c1/[nH]c(C(=O)/C(C#N)=C/CN(C)C)c/c1=C/C)NSC. The number of carbonyl (C=O) groups excluding carboxylic acids is 1. The van der Waals surface area contributed by atoms with Gasteiger partial charge in [0.15, 0.2) is 0 Å². The smallest absolute Gasteiger partial charge is 0.219 e. The molecule has 0 aliphatic carbocycles. The highest BCUT2D eigenvalue weighted by Crippen LogP contribution is 2.03. The van der Waals surface area contributed by atoms with Crippen LogP contribution < -0.4 is 15.3 Å². The number of nitrogens with zero attached hydrogens (tertiary/aromatic N) is 2. The number of hydrogen-bond donors (Lipinski definition) is 2. The number of Topliss-reactive ketones (excluding diaryl/α,β-unsaturated/α-hetero) is 1. The molecule has 6 heteroatoms. The molecule has 0 radical (unpaired) electrons. The summed E-state index contributed by atoms with van der Waals surface area (Å²) in [5, 5.41) is 10.9. The first-order valence-electron chi connectivity index (χ1n) is 7.07. The van der Waals surface area contributed by atoms with E-state index < -0.39 is 0 Å². The third kappa shape index (κ3) is 5.47. The van der Waals surface area contributed by atoms with E-state index in [9.17, 15) is 10.1 Å². The second-order valence-corrected chi connectivity index (χ2v) is 5.75. The predicted octanol–water partition coefficient (Wildman–Crippen LogP) is 1.17. The van der Waals surface area contributed by atoms with Crippen molar-refractivity contribution in [3.8, 4) is 6.07 Å². The molecule has 0 spiro atoms. The third-order valence-electron chi connectivity index (χ3n) is 3.01. The number of aromatic amines is 1. The molecule has 0 unspecified atom stereocenters. The van der Waals surface area contributed by atoms with Crippen molar-refractivity contribution in [2.24, 2.45) is 0 Å². The van der Waals surface area contributed by atoms with Crippen molar-refractivity contribution in [1.29, 1.82) is 5.26 Å². The van der Waals surface area contributed by atoms with Crippen LogP contribution in [-0.4, -0.2) is 42.6 Å². The molecule has 0 aliphatic rings. The maximum atomic E-state index is 12.5. The maximum Gasteiger partial charge on any atom is 0.219 e. The Balaban J connectivity index is 3.23. The van der Waals surface area contributed by atoms with Gasteiger partial charge in [0.1, 0.15) is 6.07 Å². The average molecular weight is 330 g/mol. The number of allylic oxidation sites excluding steroid dienone is 2. The van der Waals surface area contributed by atoms with Gasteiger partial charge in [0.2, 0.25) is 5.78 Å². The van der Waals surface area contributed by atoms with Crippen molar-refractivity contribution in [3.05, 3.63) is 46.3 Å². The van der Waals surface area contributed by atoms with Crippen LogP contribution in [0, 0.1) is 11.3 Å². The Hall–Kier alpha value is -2.23. The van der Waals surface area contributed by atoms with Gasteiger partial charge in [-0.15, -0.1) is 0 Å². The molecule has 0 aromatic carbocycles. The zero-order valence-corrected chi connectivity index (χ0v) is 14.8. The number of H-pyrrole nitrogens is 1. The topological polar surface area (TPSA) is 71.9 Å². The molecule has 0 bridgehead atoms. The summed E-state index contributed by atoms with van der Waals surface area (Å²) in [7, 11) is 3.76. The monoisotopic (exact) mass is 330 g/mol. The fourth-order valence-corrected chi connectivity index (χ4v) is 2.23. The Morgan fingerprint density at radius 3 is 2.78 bits per heavy atom. The lowest BCUT2D eigenvalue weighted by molar-refractivity contribution is 0.103. The molecular weight excluding hydrogens is 308 g/mol. The zero-order chi connectivity index (χ0) is 17.4. The van der Waals surface area contributed by atoms with Crippen molar-refractivity contribution in [3.63, 3.8) is 0 Å². The fraction of sp³-hybridized carbons (Fsp3) is 0.294. The highest BCUT2D eigenvalue weighted by molar-refractivity contribution is 7.96. The summed E-state index contributed by atoms with van der Waals surface area (Å²) in [5.41, 5.74) is 1.26. The van der Waals surface area contributed by atoms with Crippen LogP contribution in [0.2, 0.25) is 0 Å². The van der Waals surface area contributed by atoms with E-state index in [1.807, 2.05) is 50.4 Å². The van der Waals surface area contributed by atoms with Gasteiger partial charge in [-0.1, -0.05) is 24.6 Å². The molecule has 1 aromatic heterocycles. The lowest BCUT2D eigenvalue weighted by atomic mass is 10.1. The Bertz CT molecular complexity index is 765. The van der Waals surface area contributed by atoms with Gasteiger partial charge in [0.05, 0.1) is 11.3 Å². The first kappa shape index (κ1) is 18.8. The molecule has 122 valence electrons. The van der Waals surface area contributed by atoms with E-state index in [2.05, 4.69) is 16.3 Å². The van der Waals surface area contributed by atoms with Gasteiger partial charge >= 0.3 is 0 Å². The van der Waals surface area contributed by atoms with Gasteiger partial charge < -0.3 is 14.6 Å². The molecule has 0 saturated carbocycles. The van der Waals surface area contributed by atoms with Gasteiger partial charge in [-0.25, -0.2) is 0 Å². The highest BCUT2D eigenvalue weighted by atomic mass is 32.2. The van der Waals surface area contributed by atoms with Gasteiger partial charge in [-0.3, -0.25) is 4.79 Å². The summed E-state index contributed by atoms with van der Waals surface area (Å²) in [6.07, 6.45) is 7.28. The first-order chi connectivity index (χ1) is 10.9. The number of nitriles is 1. The minimum atomic E-state index is -0.305. The Morgan fingerprint density at radius 2 is 2.26 bits per heavy atom. The van der Waals surface area contributed by atoms with Crippen LogP contribution in [0.1, 0.15) is 17.4 Å². The van der Waals surface area contributed by atoms with Crippen LogP contribution in [0.25, 0.3) is 12.2 Å². The summed E-state index contributed by atoms with van der Waals surface area (Å²) in [6.45, 7) is 6.33. The summed E-state index contributed by atoms with van der Waals surface area (Å²) < 4.78 is 3.03. The van der Waals surface area contributed by atoms with Crippen LogP contribution in [0.3, 0.4) is 0 Å². The normalized spacial score (nSPS) is 13.3. The minimum Gasteiger partial charge on any atom is -0.352 e. The van der Waals surface area contributed by atoms with E-state index >= 15 is 0 Å². The van der Waals surface area contributed by atoms with E-state index in [4.69, 9.17) is 0 Å². The Morgan fingerprint density at radius 1 is 1.57 bits per heavy atom. The van der Waals surface area contributed by atoms with Gasteiger partial charge in [-0.05, 0) is 44.5 Å². The lowest BCUT2D eigenvalue weighted by Crippen LogP contribution is -2.23. The number of rotatable bonds is 7. The Labute approximate surface area is 141 Å². The molecule has 23 heavy (non-hydrogen) atoms. The van der Waals surface area contributed by atoms with Crippen LogP contribution >= 0.6 is 11.9 Å². The first-order valence-corrected chi connectivity index (χ1v) is 8.30. The largest absolute Gasteiger partial charge is 0.352 e. The van der Waals surface area contributed by atoms with E-state index in [0.29, 0.717) is 12.2 Å². The lowest BCUT2D eigenvalue weighted by Gasteiger charge is -2.04. The van der Waals surface area contributed by atoms with Crippen molar-refractivity contribution in [1.82, 2.24) is 14.6 Å². The van der Waals surface area contributed by atoms with Crippen LogP contribution in [0.15, 0.2) is 30.0 Å². The highest BCUT2D eigenvalue weighted by Gasteiger charge is 2.13. The van der Waals surface area contributed by atoms with Crippen LogP contribution in [-0.2, 0) is 0 Å². The van der Waals surface area contributed by atoms with Gasteiger partial charge in [0.25, 0.3) is 0 Å². The molecule has 0 atom stereocenters. The molecule has 2 N–H and O–H groups in total. The summed E-state index contributed by atoms with van der Waals surface area (Å²) in [5.74, 6) is -0.305. The third-order valence-corrected chi connectivity index (χ3v) is 3.48. The molecule has 0 aliphatic heterocycles. The van der Waals surface area contributed by atoms with E-state index in [1.54, 1.807) is 12.1 Å². The molecule has 5 nitrogen and oxygen atoms in total. The molecule has 1 aromatic rings. The minimum absolute atomic E-state index is 0.134. The number of carbonyl (C=O) groups is 1. The molecular formula is C17H22N4OS. The second kappa shape index (κ2) is 9.03. The van der Waals surface area contributed by atoms with Crippen molar-refractivity contribution in [2.45, 2.75) is 6.92 Å². The van der Waals surface area contributed by atoms with Crippen LogP contribution in [0.5, 0.6) is 0 Å². The van der Waals surface area contributed by atoms with Gasteiger partial charge in [0, 0.05) is 23.8 Å². The fourth-order valence-electron chi connectivity index (χ4n) is 1.91. The van der Waals surface area contributed by atoms with E-state index in [1.165, 1.54) is 11.9 Å². The van der Waals surface area contributed by atoms with Crippen molar-refractivity contribution >= 4 is 29.9 Å². The molecule has 0 saturated heterocycles. The average Bonchev–Trinajstić information content (AvgIpc) is 2.90. The van der Waals surface area contributed by atoms with Crippen molar-refractivity contribution in [2.75, 3.05) is 26.9 Å².